The molecule has 0 saturated carbocycles. The van der Waals surface area contributed by atoms with Crippen molar-refractivity contribution in [3.63, 3.8) is 0 Å². The van der Waals surface area contributed by atoms with Crippen molar-refractivity contribution in [3.8, 4) is 0 Å². The number of hydroxylamine groups is 1. The molecule has 1 aliphatic rings. The van der Waals surface area contributed by atoms with Crippen LogP contribution in [0, 0.1) is 11.6 Å². The summed E-state index contributed by atoms with van der Waals surface area (Å²) < 4.78 is 28.2. The number of benzene rings is 1. The van der Waals surface area contributed by atoms with Crippen LogP contribution in [0.3, 0.4) is 0 Å². The lowest BCUT2D eigenvalue weighted by atomic mass is 9.95. The molecule has 1 amide bonds. The van der Waals surface area contributed by atoms with Gasteiger partial charge in [-0.3, -0.25) is 14.8 Å². The van der Waals surface area contributed by atoms with Crippen LogP contribution in [0.5, 0.6) is 0 Å². The van der Waals surface area contributed by atoms with Gasteiger partial charge in [-0.1, -0.05) is 18.9 Å². The minimum Gasteiger partial charge on any atom is -0.307 e. The number of hydrogen-bond acceptors (Lipinski definition) is 3. The third-order valence-corrected chi connectivity index (χ3v) is 4.77. The van der Waals surface area contributed by atoms with Gasteiger partial charge >= 0.3 is 0 Å². The van der Waals surface area contributed by atoms with Crippen LogP contribution in [0.4, 0.5) is 8.78 Å². The van der Waals surface area contributed by atoms with Crippen molar-refractivity contribution in [3.05, 3.63) is 68.6 Å². The second-order valence-corrected chi connectivity index (χ2v) is 6.52. The lowest BCUT2D eigenvalue weighted by Gasteiger charge is -2.21. The smallest absolute Gasteiger partial charge is 0.280 e. The van der Waals surface area contributed by atoms with Gasteiger partial charge in [-0.15, -0.1) is 0 Å². The number of pyridine rings is 1. The Morgan fingerprint density at radius 1 is 1.08 bits per heavy atom. The molecular weight excluding hydrogens is 342 g/mol. The summed E-state index contributed by atoms with van der Waals surface area (Å²) in [4.78, 5) is 24.7. The van der Waals surface area contributed by atoms with Gasteiger partial charge in [0.1, 0.15) is 5.56 Å². The van der Waals surface area contributed by atoms with Gasteiger partial charge in [0.25, 0.3) is 11.5 Å². The highest BCUT2D eigenvalue weighted by atomic mass is 19.2. The van der Waals surface area contributed by atoms with Gasteiger partial charge in [-0.05, 0) is 55.0 Å². The molecule has 5 nitrogen and oxygen atoms in total. The number of nitrogens with one attached hydrogen (secondary N) is 1. The monoisotopic (exact) mass is 362 g/mol. The Labute approximate surface area is 149 Å². The number of fused-ring (bicyclic) bond motifs is 1. The zero-order valence-corrected chi connectivity index (χ0v) is 14.2. The maximum Gasteiger partial charge on any atom is 0.280 e. The van der Waals surface area contributed by atoms with Crippen LogP contribution in [0.25, 0.3) is 0 Å². The first kappa shape index (κ1) is 18.3. The Bertz CT molecular complexity index is 893. The number of aryl methyl sites for hydroxylation is 1. The molecule has 0 saturated heterocycles. The van der Waals surface area contributed by atoms with Crippen molar-refractivity contribution in [2.24, 2.45) is 0 Å². The third-order valence-electron chi connectivity index (χ3n) is 4.77. The molecule has 0 unspecified atom stereocenters. The second kappa shape index (κ2) is 7.78. The summed E-state index contributed by atoms with van der Waals surface area (Å²) in [5.74, 6) is -2.81. The van der Waals surface area contributed by atoms with Gasteiger partial charge in [0.05, 0.1) is 6.54 Å². The Morgan fingerprint density at radius 2 is 1.81 bits per heavy atom. The van der Waals surface area contributed by atoms with Crippen LogP contribution in [-0.4, -0.2) is 15.7 Å². The first-order chi connectivity index (χ1) is 12.5. The highest BCUT2D eigenvalue weighted by molar-refractivity contribution is 5.93. The Balaban J connectivity index is 2.13. The van der Waals surface area contributed by atoms with Crippen LogP contribution < -0.4 is 11.0 Å². The highest BCUT2D eigenvalue weighted by Crippen LogP contribution is 2.21. The number of carbonyl (C=O) groups excluding carboxylic acids is 1. The first-order valence-electron chi connectivity index (χ1n) is 8.65. The van der Waals surface area contributed by atoms with Crippen molar-refractivity contribution in [1.82, 2.24) is 10.0 Å². The van der Waals surface area contributed by atoms with Gasteiger partial charge in [0, 0.05) is 5.69 Å². The number of halogens is 2. The van der Waals surface area contributed by atoms with E-state index in [9.17, 15) is 18.4 Å². The zero-order valence-electron chi connectivity index (χ0n) is 14.2. The van der Waals surface area contributed by atoms with Gasteiger partial charge in [-0.25, -0.2) is 14.3 Å². The highest BCUT2D eigenvalue weighted by Gasteiger charge is 2.20. The number of hydrogen-bond donors (Lipinski definition) is 2. The number of aromatic nitrogens is 1. The van der Waals surface area contributed by atoms with E-state index in [-0.39, 0.29) is 12.1 Å². The van der Waals surface area contributed by atoms with E-state index in [1.165, 1.54) is 22.2 Å². The molecule has 0 radical (unpaired) electrons. The molecule has 1 heterocycles. The van der Waals surface area contributed by atoms with Crippen molar-refractivity contribution >= 4 is 5.91 Å². The summed E-state index contributed by atoms with van der Waals surface area (Å²) in [6, 6.07) is 5.02. The van der Waals surface area contributed by atoms with Crippen LogP contribution in [0.15, 0.2) is 29.1 Å². The normalized spacial score (nSPS) is 14.3. The van der Waals surface area contributed by atoms with Crippen molar-refractivity contribution in [1.29, 1.82) is 0 Å². The molecule has 0 fully saturated rings. The van der Waals surface area contributed by atoms with Crippen molar-refractivity contribution in [2.75, 3.05) is 0 Å². The lowest BCUT2D eigenvalue weighted by molar-refractivity contribution is 0.0703. The van der Waals surface area contributed by atoms with E-state index in [0.29, 0.717) is 12.0 Å². The Kier molecular flexibility index (Phi) is 5.46. The quantitative estimate of drug-likeness (QED) is 0.651. The minimum atomic E-state index is -0.984. The summed E-state index contributed by atoms with van der Waals surface area (Å²) >= 11 is 0. The molecule has 0 atom stereocenters. The van der Waals surface area contributed by atoms with E-state index in [0.717, 1.165) is 55.5 Å². The Hall–Kier alpha value is -2.54. The fourth-order valence-corrected chi connectivity index (χ4v) is 3.44. The number of carbonyl (C=O) groups is 1. The summed E-state index contributed by atoms with van der Waals surface area (Å²) in [5.41, 5.74) is 2.91. The van der Waals surface area contributed by atoms with Crippen molar-refractivity contribution < 1.29 is 18.8 Å². The van der Waals surface area contributed by atoms with E-state index < -0.39 is 23.1 Å². The first-order valence-corrected chi connectivity index (χ1v) is 8.65. The van der Waals surface area contributed by atoms with Gasteiger partial charge in [0.2, 0.25) is 0 Å². The molecule has 138 valence electrons. The molecule has 0 spiro atoms. The molecule has 3 rings (SSSR count). The fourth-order valence-electron chi connectivity index (χ4n) is 3.44. The molecule has 2 N–H and O–H groups in total. The van der Waals surface area contributed by atoms with Crippen LogP contribution in [-0.2, 0) is 19.4 Å². The second-order valence-electron chi connectivity index (χ2n) is 6.52. The molecule has 1 aliphatic carbocycles. The SMILES string of the molecule is O=C(NO)c1cc2c(n(Cc3ccc(F)c(F)c3)c1=O)CCCCCC2. The summed E-state index contributed by atoms with van der Waals surface area (Å²) in [7, 11) is 0. The van der Waals surface area contributed by atoms with E-state index in [2.05, 4.69) is 0 Å². The molecule has 2 aromatic rings. The topological polar surface area (TPSA) is 71.3 Å². The van der Waals surface area contributed by atoms with Gasteiger partial charge < -0.3 is 4.57 Å². The average Bonchev–Trinajstić information content (AvgIpc) is 2.61. The summed E-state index contributed by atoms with van der Waals surface area (Å²) in [5, 5.41) is 8.93. The Morgan fingerprint density at radius 3 is 2.50 bits per heavy atom. The largest absolute Gasteiger partial charge is 0.307 e. The molecule has 26 heavy (non-hydrogen) atoms. The van der Waals surface area contributed by atoms with E-state index in [1.54, 1.807) is 0 Å². The van der Waals surface area contributed by atoms with Gasteiger partial charge in [-0.2, -0.15) is 0 Å². The predicted molar refractivity (Wildman–Crippen MR) is 91.3 cm³/mol. The molecule has 0 aliphatic heterocycles. The molecular formula is C19H20F2N2O3. The average molecular weight is 362 g/mol. The predicted octanol–water partition coefficient (Wildman–Crippen LogP) is 2.95. The summed E-state index contributed by atoms with van der Waals surface area (Å²) in [6.07, 6.45) is 5.38. The number of amides is 1. The van der Waals surface area contributed by atoms with Crippen LogP contribution >= 0.6 is 0 Å². The maximum atomic E-state index is 13.5. The number of rotatable bonds is 3. The van der Waals surface area contributed by atoms with E-state index in [1.807, 2.05) is 0 Å². The lowest BCUT2D eigenvalue weighted by Crippen LogP contribution is -2.34. The molecule has 1 aromatic carbocycles. The maximum absolute atomic E-state index is 13.5. The third kappa shape index (κ3) is 3.67. The molecule has 1 aromatic heterocycles. The zero-order chi connectivity index (χ0) is 18.7. The van der Waals surface area contributed by atoms with Crippen LogP contribution in [0.2, 0.25) is 0 Å². The summed E-state index contributed by atoms with van der Waals surface area (Å²) in [6.45, 7) is 0.0327. The number of nitrogens with zero attached hydrogens (tertiary/aromatic N) is 1. The van der Waals surface area contributed by atoms with E-state index >= 15 is 0 Å². The fraction of sp³-hybridized carbons (Fsp3) is 0.368. The standard InChI is InChI=1S/C19H20F2N2O3/c20-15-8-7-12(9-16(15)21)11-23-17-6-4-2-1-3-5-13(17)10-14(19(23)25)18(24)22-26/h7-10,26H,1-6,11H2,(H,22,24). The molecule has 0 bridgehead atoms. The minimum absolute atomic E-state index is 0.0327. The van der Waals surface area contributed by atoms with Gasteiger partial charge in [0.15, 0.2) is 11.6 Å². The van der Waals surface area contributed by atoms with E-state index in [4.69, 9.17) is 5.21 Å². The van der Waals surface area contributed by atoms with Crippen molar-refractivity contribution in [2.45, 2.75) is 45.1 Å². The molecule has 7 heteroatoms. The van der Waals surface area contributed by atoms with Crippen LogP contribution in [0.1, 0.15) is 52.9 Å².